The number of rotatable bonds is 5. The number of hydrogen-bond donors (Lipinski definition) is 2. The summed E-state index contributed by atoms with van der Waals surface area (Å²) in [6.45, 7) is 1.35. The highest BCUT2D eigenvalue weighted by molar-refractivity contribution is 9.10. The Balaban J connectivity index is 1.79. The molecule has 2 aromatic carbocycles. The molecule has 0 fully saturated rings. The normalized spacial score (nSPS) is 10.1. The first-order valence-electron chi connectivity index (χ1n) is 5.72. The Morgan fingerprint density at radius 2 is 1.89 bits per heavy atom. The highest BCUT2D eigenvalue weighted by Crippen LogP contribution is 2.24. The minimum Gasteiger partial charge on any atom is -0.492 e. The van der Waals surface area contributed by atoms with Crippen molar-refractivity contribution >= 4 is 27.3 Å². The van der Waals surface area contributed by atoms with Crippen molar-refractivity contribution in [2.45, 2.75) is 0 Å². The maximum Gasteiger partial charge on any atom is 0.119 e. The van der Waals surface area contributed by atoms with Crippen molar-refractivity contribution in [3.8, 4) is 5.75 Å². The van der Waals surface area contributed by atoms with E-state index in [0.29, 0.717) is 6.61 Å². The Hall–Kier alpha value is -1.68. The highest BCUT2D eigenvalue weighted by atomic mass is 79.9. The van der Waals surface area contributed by atoms with E-state index in [9.17, 15) is 0 Å². The molecule has 18 heavy (non-hydrogen) atoms. The summed E-state index contributed by atoms with van der Waals surface area (Å²) in [5.74, 6) is 0.885. The molecule has 0 amide bonds. The molecule has 94 valence electrons. The number of ether oxygens (including phenoxy) is 1. The van der Waals surface area contributed by atoms with Gasteiger partial charge >= 0.3 is 0 Å². The largest absolute Gasteiger partial charge is 0.492 e. The van der Waals surface area contributed by atoms with Gasteiger partial charge in [-0.05, 0) is 46.3 Å². The molecular weight excluding hydrogens is 292 g/mol. The molecular formula is C14H15BrN2O. The molecule has 0 aromatic heterocycles. The second kappa shape index (κ2) is 6.31. The lowest BCUT2D eigenvalue weighted by molar-refractivity contribution is 0.333. The van der Waals surface area contributed by atoms with Gasteiger partial charge in [-0.2, -0.15) is 0 Å². The van der Waals surface area contributed by atoms with Crippen LogP contribution in [0.4, 0.5) is 11.4 Å². The smallest absolute Gasteiger partial charge is 0.119 e. The third kappa shape index (κ3) is 3.67. The number of nitrogens with one attached hydrogen (secondary N) is 1. The van der Waals surface area contributed by atoms with E-state index in [1.165, 1.54) is 0 Å². The van der Waals surface area contributed by atoms with Gasteiger partial charge in [0.15, 0.2) is 0 Å². The van der Waals surface area contributed by atoms with E-state index < -0.39 is 0 Å². The first-order chi connectivity index (χ1) is 8.75. The van der Waals surface area contributed by atoms with E-state index in [4.69, 9.17) is 10.5 Å². The predicted octanol–water partition coefficient (Wildman–Crippen LogP) is 3.52. The average Bonchev–Trinajstić information content (AvgIpc) is 2.38. The van der Waals surface area contributed by atoms with E-state index in [1.807, 2.05) is 48.5 Å². The summed E-state index contributed by atoms with van der Waals surface area (Å²) < 4.78 is 6.55. The van der Waals surface area contributed by atoms with Gasteiger partial charge in [-0.25, -0.2) is 0 Å². The van der Waals surface area contributed by atoms with E-state index >= 15 is 0 Å². The van der Waals surface area contributed by atoms with Gasteiger partial charge in [0.25, 0.3) is 0 Å². The number of hydrogen-bond acceptors (Lipinski definition) is 3. The molecule has 0 spiro atoms. The summed E-state index contributed by atoms with van der Waals surface area (Å²) in [6, 6.07) is 15.5. The number of anilines is 2. The quantitative estimate of drug-likeness (QED) is 0.656. The Labute approximate surface area is 115 Å². The molecule has 0 unspecified atom stereocenters. The summed E-state index contributed by atoms with van der Waals surface area (Å²) in [5, 5.41) is 3.28. The number of nitrogen functional groups attached to an aromatic ring is 1. The van der Waals surface area contributed by atoms with Crippen LogP contribution in [-0.2, 0) is 0 Å². The molecule has 3 nitrogen and oxygen atoms in total. The van der Waals surface area contributed by atoms with Gasteiger partial charge in [0, 0.05) is 22.4 Å². The summed E-state index contributed by atoms with van der Waals surface area (Å²) in [7, 11) is 0. The minimum absolute atomic E-state index is 0.612. The Morgan fingerprint density at radius 3 is 2.61 bits per heavy atom. The van der Waals surface area contributed by atoms with Crippen LogP contribution in [0.3, 0.4) is 0 Å². The van der Waals surface area contributed by atoms with E-state index in [1.54, 1.807) is 0 Å². The monoisotopic (exact) mass is 306 g/mol. The third-order valence-corrected chi connectivity index (χ3v) is 3.08. The summed E-state index contributed by atoms with van der Waals surface area (Å²) in [5.41, 5.74) is 7.43. The van der Waals surface area contributed by atoms with Gasteiger partial charge in [0.2, 0.25) is 0 Å². The first-order valence-corrected chi connectivity index (χ1v) is 6.52. The maximum absolute atomic E-state index is 5.68. The molecule has 0 heterocycles. The standard InChI is InChI=1S/C14H15BrN2O/c15-13-10-11(16)6-7-14(13)17-8-9-18-12-4-2-1-3-5-12/h1-7,10,17H,8-9,16H2. The minimum atomic E-state index is 0.612. The van der Waals surface area contributed by atoms with Crippen LogP contribution in [0.2, 0.25) is 0 Å². The van der Waals surface area contributed by atoms with E-state index in [2.05, 4.69) is 21.2 Å². The fraction of sp³-hybridized carbons (Fsp3) is 0.143. The van der Waals surface area contributed by atoms with Crippen molar-refractivity contribution in [2.75, 3.05) is 24.2 Å². The fourth-order valence-electron chi connectivity index (χ4n) is 1.55. The zero-order chi connectivity index (χ0) is 12.8. The summed E-state index contributed by atoms with van der Waals surface area (Å²) in [4.78, 5) is 0. The first kappa shape index (κ1) is 12.8. The van der Waals surface area contributed by atoms with Crippen LogP contribution in [-0.4, -0.2) is 13.2 Å². The second-order valence-electron chi connectivity index (χ2n) is 3.83. The fourth-order valence-corrected chi connectivity index (χ4v) is 2.08. The molecule has 0 bridgehead atoms. The lowest BCUT2D eigenvalue weighted by Crippen LogP contribution is -2.11. The second-order valence-corrected chi connectivity index (χ2v) is 4.68. The maximum atomic E-state index is 5.68. The van der Waals surface area contributed by atoms with Gasteiger partial charge in [0.1, 0.15) is 12.4 Å². The Kier molecular flexibility index (Phi) is 4.47. The molecule has 0 saturated heterocycles. The van der Waals surface area contributed by atoms with Crippen LogP contribution in [0.5, 0.6) is 5.75 Å². The van der Waals surface area contributed by atoms with Crippen LogP contribution < -0.4 is 15.8 Å². The van der Waals surface area contributed by atoms with Gasteiger partial charge in [0.05, 0.1) is 0 Å². The Morgan fingerprint density at radius 1 is 1.11 bits per heavy atom. The molecule has 0 aliphatic carbocycles. The van der Waals surface area contributed by atoms with E-state index in [-0.39, 0.29) is 0 Å². The number of benzene rings is 2. The number of para-hydroxylation sites is 1. The lowest BCUT2D eigenvalue weighted by atomic mass is 10.3. The van der Waals surface area contributed by atoms with Crippen molar-refractivity contribution in [1.29, 1.82) is 0 Å². The molecule has 3 N–H and O–H groups in total. The predicted molar refractivity (Wildman–Crippen MR) is 79.0 cm³/mol. The van der Waals surface area contributed by atoms with Gasteiger partial charge in [-0.15, -0.1) is 0 Å². The zero-order valence-corrected chi connectivity index (χ0v) is 11.5. The van der Waals surface area contributed by atoms with Crippen molar-refractivity contribution in [3.63, 3.8) is 0 Å². The highest BCUT2D eigenvalue weighted by Gasteiger charge is 1.99. The average molecular weight is 307 g/mol. The number of halogens is 1. The van der Waals surface area contributed by atoms with Gasteiger partial charge < -0.3 is 15.8 Å². The molecule has 2 aromatic rings. The topological polar surface area (TPSA) is 47.3 Å². The summed E-state index contributed by atoms with van der Waals surface area (Å²) >= 11 is 3.46. The van der Waals surface area contributed by atoms with Crippen LogP contribution in [0.25, 0.3) is 0 Å². The molecule has 0 aliphatic heterocycles. The molecule has 0 aliphatic rings. The SMILES string of the molecule is Nc1ccc(NCCOc2ccccc2)c(Br)c1. The van der Waals surface area contributed by atoms with Gasteiger partial charge in [-0.1, -0.05) is 18.2 Å². The molecule has 2 rings (SSSR count). The Bertz CT molecular complexity index is 502. The lowest BCUT2D eigenvalue weighted by Gasteiger charge is -2.10. The molecule has 0 saturated carbocycles. The third-order valence-electron chi connectivity index (χ3n) is 2.42. The van der Waals surface area contributed by atoms with E-state index in [0.717, 1.165) is 28.1 Å². The van der Waals surface area contributed by atoms with Gasteiger partial charge in [-0.3, -0.25) is 0 Å². The molecule has 0 radical (unpaired) electrons. The number of nitrogens with two attached hydrogens (primary N) is 1. The zero-order valence-electron chi connectivity index (χ0n) is 9.90. The van der Waals surface area contributed by atoms with Crippen molar-refractivity contribution in [2.24, 2.45) is 0 Å². The van der Waals surface area contributed by atoms with Crippen LogP contribution in [0, 0.1) is 0 Å². The van der Waals surface area contributed by atoms with Crippen LogP contribution in [0.15, 0.2) is 53.0 Å². The van der Waals surface area contributed by atoms with Crippen molar-refractivity contribution < 1.29 is 4.74 Å². The van der Waals surface area contributed by atoms with Crippen molar-refractivity contribution in [3.05, 3.63) is 53.0 Å². The molecule has 4 heteroatoms. The van der Waals surface area contributed by atoms with Crippen molar-refractivity contribution in [1.82, 2.24) is 0 Å². The van der Waals surface area contributed by atoms with Crippen LogP contribution in [0.1, 0.15) is 0 Å². The molecule has 0 atom stereocenters. The van der Waals surface area contributed by atoms with Crippen LogP contribution >= 0.6 is 15.9 Å². The summed E-state index contributed by atoms with van der Waals surface area (Å²) in [6.07, 6.45) is 0.